The summed E-state index contributed by atoms with van der Waals surface area (Å²) < 4.78 is 0. The molecule has 1 aliphatic heterocycles. The number of hydrogen-bond acceptors (Lipinski definition) is 3. The first-order valence-electron chi connectivity index (χ1n) is 7.23. The lowest BCUT2D eigenvalue weighted by molar-refractivity contribution is 0.489. The van der Waals surface area contributed by atoms with Gasteiger partial charge in [-0.05, 0) is 36.8 Å². The Labute approximate surface area is 119 Å². The number of pyridine rings is 1. The van der Waals surface area contributed by atoms with Crippen LogP contribution in [0.4, 0.5) is 0 Å². The molecule has 2 unspecified atom stereocenters. The van der Waals surface area contributed by atoms with E-state index >= 15 is 0 Å². The molecule has 3 rings (SSSR count). The SMILES string of the molecule is CCc1cccnc1CN=C1NC2CCCC2CS1. The summed E-state index contributed by atoms with van der Waals surface area (Å²) in [5.74, 6) is 2.10. The minimum absolute atomic E-state index is 0.675. The van der Waals surface area contributed by atoms with Crippen molar-refractivity contribution in [2.45, 2.75) is 45.2 Å². The molecular formula is C15H21N3S. The molecule has 19 heavy (non-hydrogen) atoms. The Kier molecular flexibility index (Phi) is 4.06. The van der Waals surface area contributed by atoms with Gasteiger partial charge in [0.25, 0.3) is 0 Å². The third-order valence-corrected chi connectivity index (χ3v) is 5.26. The van der Waals surface area contributed by atoms with Gasteiger partial charge in [0.15, 0.2) is 5.17 Å². The quantitative estimate of drug-likeness (QED) is 0.921. The highest BCUT2D eigenvalue weighted by molar-refractivity contribution is 8.13. The predicted octanol–water partition coefficient (Wildman–Crippen LogP) is 3.01. The van der Waals surface area contributed by atoms with Crippen LogP contribution in [0.3, 0.4) is 0 Å². The summed E-state index contributed by atoms with van der Waals surface area (Å²) in [6.07, 6.45) is 6.96. The van der Waals surface area contributed by atoms with Gasteiger partial charge in [-0.15, -0.1) is 0 Å². The first-order valence-corrected chi connectivity index (χ1v) is 8.22. The van der Waals surface area contributed by atoms with Crippen LogP contribution in [0.2, 0.25) is 0 Å². The first kappa shape index (κ1) is 13.0. The molecule has 4 heteroatoms. The summed E-state index contributed by atoms with van der Waals surface area (Å²) in [5.41, 5.74) is 2.43. The molecule has 0 radical (unpaired) electrons. The minimum atomic E-state index is 0.675. The van der Waals surface area contributed by atoms with E-state index < -0.39 is 0 Å². The topological polar surface area (TPSA) is 37.3 Å². The molecule has 2 aliphatic rings. The number of amidine groups is 1. The molecule has 0 aromatic carbocycles. The number of aryl methyl sites for hydroxylation is 1. The van der Waals surface area contributed by atoms with Crippen LogP contribution in [0.25, 0.3) is 0 Å². The molecule has 1 N–H and O–H groups in total. The fourth-order valence-corrected chi connectivity index (χ4v) is 4.15. The summed E-state index contributed by atoms with van der Waals surface area (Å²) in [6.45, 7) is 2.88. The normalized spacial score (nSPS) is 28.2. The Bertz CT molecular complexity index is 472. The number of fused-ring (bicyclic) bond motifs is 1. The molecule has 0 spiro atoms. The third-order valence-electron chi connectivity index (χ3n) is 4.14. The van der Waals surface area contributed by atoms with E-state index in [1.54, 1.807) is 0 Å². The molecule has 3 nitrogen and oxygen atoms in total. The van der Waals surface area contributed by atoms with Gasteiger partial charge in [-0.2, -0.15) is 0 Å². The van der Waals surface area contributed by atoms with Gasteiger partial charge in [-0.25, -0.2) is 0 Å². The van der Waals surface area contributed by atoms with Crippen molar-refractivity contribution in [3.8, 4) is 0 Å². The van der Waals surface area contributed by atoms with E-state index in [9.17, 15) is 0 Å². The Morgan fingerprint density at radius 1 is 1.47 bits per heavy atom. The lowest BCUT2D eigenvalue weighted by Gasteiger charge is -2.28. The lowest BCUT2D eigenvalue weighted by atomic mass is 10.1. The molecule has 1 aliphatic carbocycles. The van der Waals surface area contributed by atoms with E-state index in [0.717, 1.165) is 23.2 Å². The van der Waals surface area contributed by atoms with Crippen molar-refractivity contribution >= 4 is 16.9 Å². The molecule has 2 atom stereocenters. The van der Waals surface area contributed by atoms with Crippen LogP contribution in [0.15, 0.2) is 23.3 Å². The second-order valence-electron chi connectivity index (χ2n) is 5.34. The summed E-state index contributed by atoms with van der Waals surface area (Å²) in [6, 6.07) is 4.83. The highest BCUT2D eigenvalue weighted by Crippen LogP contribution is 2.32. The number of hydrogen-bond donors (Lipinski definition) is 1. The number of aromatic nitrogens is 1. The van der Waals surface area contributed by atoms with Crippen molar-refractivity contribution in [1.29, 1.82) is 0 Å². The smallest absolute Gasteiger partial charge is 0.157 e. The van der Waals surface area contributed by atoms with Crippen molar-refractivity contribution in [2.75, 3.05) is 5.75 Å². The van der Waals surface area contributed by atoms with E-state index in [4.69, 9.17) is 4.99 Å². The van der Waals surface area contributed by atoms with Crippen molar-refractivity contribution in [1.82, 2.24) is 10.3 Å². The third kappa shape index (κ3) is 2.94. The summed E-state index contributed by atoms with van der Waals surface area (Å²) in [4.78, 5) is 9.18. The van der Waals surface area contributed by atoms with Crippen LogP contribution in [0.1, 0.15) is 37.4 Å². The van der Waals surface area contributed by atoms with Crippen molar-refractivity contribution in [2.24, 2.45) is 10.9 Å². The first-order chi connectivity index (χ1) is 9.36. The average molecular weight is 275 g/mol. The minimum Gasteiger partial charge on any atom is -0.362 e. The summed E-state index contributed by atoms with van der Waals surface area (Å²) >= 11 is 1.88. The number of rotatable bonds is 3. The molecule has 0 amide bonds. The zero-order valence-corrected chi connectivity index (χ0v) is 12.2. The maximum absolute atomic E-state index is 4.73. The fraction of sp³-hybridized carbons (Fsp3) is 0.600. The molecule has 0 bridgehead atoms. The summed E-state index contributed by atoms with van der Waals surface area (Å²) in [5, 5.41) is 4.73. The Morgan fingerprint density at radius 2 is 2.42 bits per heavy atom. The van der Waals surface area contributed by atoms with E-state index in [1.165, 1.54) is 30.6 Å². The van der Waals surface area contributed by atoms with Crippen LogP contribution >= 0.6 is 11.8 Å². The monoisotopic (exact) mass is 275 g/mol. The number of thioether (sulfide) groups is 1. The molecule has 1 saturated heterocycles. The molecular weight excluding hydrogens is 254 g/mol. The van der Waals surface area contributed by atoms with Gasteiger partial charge in [0.2, 0.25) is 0 Å². The second kappa shape index (κ2) is 5.95. The standard InChI is InChI=1S/C15H21N3S/c1-2-11-6-4-8-16-14(11)9-17-15-18-13-7-3-5-12(13)10-19-15/h4,6,8,12-13H,2-3,5,7,9-10H2,1H3,(H,17,18). The molecule has 1 aromatic rings. The van der Waals surface area contributed by atoms with Gasteiger partial charge in [-0.3, -0.25) is 9.98 Å². The lowest BCUT2D eigenvalue weighted by Crippen LogP contribution is -2.41. The van der Waals surface area contributed by atoms with Gasteiger partial charge in [-0.1, -0.05) is 31.2 Å². The fourth-order valence-electron chi connectivity index (χ4n) is 2.99. The van der Waals surface area contributed by atoms with Gasteiger partial charge in [0.1, 0.15) is 0 Å². The summed E-state index contributed by atoms with van der Waals surface area (Å²) in [7, 11) is 0. The number of aliphatic imine (C=N–C) groups is 1. The Morgan fingerprint density at radius 3 is 3.32 bits per heavy atom. The van der Waals surface area contributed by atoms with Gasteiger partial charge in [0.05, 0.1) is 12.2 Å². The zero-order valence-electron chi connectivity index (χ0n) is 11.4. The van der Waals surface area contributed by atoms with Crippen molar-refractivity contribution in [3.05, 3.63) is 29.6 Å². The molecule has 102 valence electrons. The highest BCUT2D eigenvalue weighted by Gasteiger charge is 2.31. The second-order valence-corrected chi connectivity index (χ2v) is 6.35. The van der Waals surface area contributed by atoms with Crippen molar-refractivity contribution < 1.29 is 0 Å². The van der Waals surface area contributed by atoms with Crippen LogP contribution in [0.5, 0.6) is 0 Å². The van der Waals surface area contributed by atoms with Crippen LogP contribution in [-0.4, -0.2) is 21.9 Å². The Balaban J connectivity index is 1.66. The van der Waals surface area contributed by atoms with E-state index in [-0.39, 0.29) is 0 Å². The van der Waals surface area contributed by atoms with Gasteiger partial charge in [0, 0.05) is 18.0 Å². The number of nitrogens with one attached hydrogen (secondary N) is 1. The molecule has 2 heterocycles. The maximum Gasteiger partial charge on any atom is 0.157 e. The zero-order chi connectivity index (χ0) is 13.1. The van der Waals surface area contributed by atoms with Crippen LogP contribution < -0.4 is 5.32 Å². The van der Waals surface area contributed by atoms with Crippen LogP contribution in [-0.2, 0) is 13.0 Å². The average Bonchev–Trinajstić information content (AvgIpc) is 2.93. The van der Waals surface area contributed by atoms with Gasteiger partial charge >= 0.3 is 0 Å². The molecule has 1 saturated carbocycles. The number of nitrogens with zero attached hydrogens (tertiary/aromatic N) is 2. The Hall–Kier alpha value is -1.03. The maximum atomic E-state index is 4.73. The molecule has 1 aromatic heterocycles. The van der Waals surface area contributed by atoms with Gasteiger partial charge < -0.3 is 5.32 Å². The molecule has 2 fully saturated rings. The predicted molar refractivity (Wildman–Crippen MR) is 81.5 cm³/mol. The van der Waals surface area contributed by atoms with E-state index in [0.29, 0.717) is 12.6 Å². The van der Waals surface area contributed by atoms with Crippen molar-refractivity contribution in [3.63, 3.8) is 0 Å². The van der Waals surface area contributed by atoms with E-state index in [2.05, 4.69) is 23.3 Å². The largest absolute Gasteiger partial charge is 0.362 e. The highest BCUT2D eigenvalue weighted by atomic mass is 32.2. The van der Waals surface area contributed by atoms with Crippen LogP contribution in [0, 0.1) is 5.92 Å². The van der Waals surface area contributed by atoms with E-state index in [1.807, 2.05) is 24.0 Å².